The van der Waals surface area contributed by atoms with Crippen LogP contribution in [0.5, 0.6) is 0 Å². The van der Waals surface area contributed by atoms with Gasteiger partial charge in [-0.1, -0.05) is 0 Å². The summed E-state index contributed by atoms with van der Waals surface area (Å²) in [5, 5.41) is 3.25. The van der Waals surface area contributed by atoms with Crippen molar-refractivity contribution in [3.63, 3.8) is 0 Å². The lowest BCUT2D eigenvalue weighted by molar-refractivity contribution is 0.0698. The van der Waals surface area contributed by atoms with Crippen LogP contribution in [0.4, 0.5) is 0 Å². The number of thiophene rings is 1. The molecule has 1 aromatic rings. The topological polar surface area (TPSA) is 32.3 Å². The van der Waals surface area contributed by atoms with Crippen LogP contribution in [-0.4, -0.2) is 37.0 Å². The first-order valence-corrected chi connectivity index (χ1v) is 7.93. The highest BCUT2D eigenvalue weighted by Gasteiger charge is 2.25. The first kappa shape index (κ1) is 13.5. The molecule has 1 aromatic heterocycles. The third kappa shape index (κ3) is 3.10. The Labute approximate surface area is 122 Å². The summed E-state index contributed by atoms with van der Waals surface area (Å²) in [6.45, 7) is 1.66. The van der Waals surface area contributed by atoms with E-state index in [4.69, 9.17) is 0 Å². The Morgan fingerprint density at radius 3 is 2.94 bits per heavy atom. The molecule has 2 heterocycles. The molecule has 1 aliphatic heterocycles. The van der Waals surface area contributed by atoms with E-state index in [0.29, 0.717) is 6.04 Å². The fourth-order valence-corrected chi connectivity index (χ4v) is 4.83. The van der Waals surface area contributed by atoms with E-state index in [1.54, 1.807) is 0 Å². The third-order valence-corrected chi connectivity index (χ3v) is 5.34. The first-order valence-electron chi connectivity index (χ1n) is 5.53. The van der Waals surface area contributed by atoms with Gasteiger partial charge in [-0.15, -0.1) is 11.3 Å². The number of likely N-dealkylation sites (N-methyl/N-ethyl adjacent to an activating group) is 1. The largest absolute Gasteiger partial charge is 0.337 e. The number of piperidine rings is 1. The molecule has 1 unspecified atom stereocenters. The van der Waals surface area contributed by atoms with Crippen molar-refractivity contribution in [2.75, 3.05) is 20.1 Å². The lowest BCUT2D eigenvalue weighted by Crippen LogP contribution is -2.46. The fraction of sp³-hybridized carbons (Fsp3) is 0.545. The van der Waals surface area contributed by atoms with Gasteiger partial charge in [-0.05, 0) is 57.8 Å². The molecule has 0 saturated carbocycles. The average Bonchev–Trinajstić information content (AvgIpc) is 2.67. The van der Waals surface area contributed by atoms with Gasteiger partial charge in [0.25, 0.3) is 5.91 Å². The zero-order valence-electron chi connectivity index (χ0n) is 9.50. The highest BCUT2D eigenvalue weighted by atomic mass is 79.9. The average molecular weight is 382 g/mol. The molecule has 0 radical (unpaired) electrons. The van der Waals surface area contributed by atoms with Gasteiger partial charge in [0.05, 0.1) is 13.1 Å². The third-order valence-electron chi connectivity index (χ3n) is 3.00. The lowest BCUT2D eigenvalue weighted by Gasteiger charge is -2.32. The zero-order chi connectivity index (χ0) is 12.4. The summed E-state index contributed by atoms with van der Waals surface area (Å²) in [7, 11) is 1.95. The summed E-state index contributed by atoms with van der Waals surface area (Å²) >= 11 is 8.39. The highest BCUT2D eigenvalue weighted by molar-refractivity contribution is 9.12. The Balaban J connectivity index is 2.12. The number of carbonyl (C=O) groups excluding carboxylic acids is 1. The van der Waals surface area contributed by atoms with Crippen molar-refractivity contribution in [3.8, 4) is 0 Å². The van der Waals surface area contributed by atoms with Gasteiger partial charge in [-0.25, -0.2) is 0 Å². The predicted octanol–water partition coefficient (Wildman–Crippen LogP) is 3.10. The zero-order valence-corrected chi connectivity index (χ0v) is 13.5. The van der Waals surface area contributed by atoms with Crippen molar-refractivity contribution in [2.24, 2.45) is 0 Å². The van der Waals surface area contributed by atoms with Gasteiger partial charge in [-0.2, -0.15) is 0 Å². The second-order valence-electron chi connectivity index (χ2n) is 4.12. The minimum Gasteiger partial charge on any atom is -0.337 e. The van der Waals surface area contributed by atoms with Gasteiger partial charge in [0, 0.05) is 19.1 Å². The molecule has 6 heteroatoms. The van der Waals surface area contributed by atoms with Crippen LogP contribution in [0.25, 0.3) is 0 Å². The molecular formula is C11H14Br2N2OS. The van der Waals surface area contributed by atoms with Crippen molar-refractivity contribution in [2.45, 2.75) is 18.9 Å². The summed E-state index contributed by atoms with van der Waals surface area (Å²) in [6, 6.07) is 2.31. The van der Waals surface area contributed by atoms with E-state index in [2.05, 4.69) is 37.2 Å². The van der Waals surface area contributed by atoms with E-state index in [0.717, 1.165) is 39.1 Å². The SMILES string of the molecule is CNC1CCCN(C(=O)c2cc(Br)sc2Br)C1. The highest BCUT2D eigenvalue weighted by Crippen LogP contribution is 2.33. The molecular weight excluding hydrogens is 368 g/mol. The maximum atomic E-state index is 12.3. The lowest BCUT2D eigenvalue weighted by atomic mass is 10.1. The first-order chi connectivity index (χ1) is 8.11. The molecule has 1 N–H and O–H groups in total. The molecule has 1 aliphatic rings. The molecule has 2 rings (SSSR count). The molecule has 3 nitrogen and oxygen atoms in total. The molecule has 0 spiro atoms. The second-order valence-corrected chi connectivity index (χ2v) is 7.87. The molecule has 0 aromatic carbocycles. The van der Waals surface area contributed by atoms with Crippen LogP contribution in [0.15, 0.2) is 13.6 Å². The second kappa shape index (κ2) is 5.82. The van der Waals surface area contributed by atoms with E-state index in [1.807, 2.05) is 18.0 Å². The fourth-order valence-electron chi connectivity index (χ4n) is 2.05. The molecule has 94 valence electrons. The molecule has 0 aliphatic carbocycles. The number of likely N-dealkylation sites (tertiary alicyclic amines) is 1. The van der Waals surface area contributed by atoms with Crippen LogP contribution in [0.2, 0.25) is 0 Å². The van der Waals surface area contributed by atoms with Crippen molar-refractivity contribution in [1.82, 2.24) is 10.2 Å². The van der Waals surface area contributed by atoms with Crippen LogP contribution in [0.1, 0.15) is 23.2 Å². The van der Waals surface area contributed by atoms with E-state index >= 15 is 0 Å². The summed E-state index contributed by atoms with van der Waals surface area (Å²) in [5.74, 6) is 0.124. The van der Waals surface area contributed by atoms with E-state index in [9.17, 15) is 4.79 Å². The predicted molar refractivity (Wildman–Crippen MR) is 77.7 cm³/mol. The summed E-state index contributed by atoms with van der Waals surface area (Å²) < 4.78 is 1.89. The van der Waals surface area contributed by atoms with Gasteiger partial charge >= 0.3 is 0 Å². The van der Waals surface area contributed by atoms with E-state index < -0.39 is 0 Å². The number of nitrogens with zero attached hydrogens (tertiary/aromatic N) is 1. The normalized spacial score (nSPS) is 20.6. The minimum absolute atomic E-state index is 0.124. The summed E-state index contributed by atoms with van der Waals surface area (Å²) in [6.07, 6.45) is 2.22. The summed E-state index contributed by atoms with van der Waals surface area (Å²) in [5.41, 5.74) is 0.763. The van der Waals surface area contributed by atoms with Gasteiger partial charge in [0.2, 0.25) is 0 Å². The maximum absolute atomic E-state index is 12.3. The standard InChI is InChI=1S/C11H14Br2N2OS/c1-14-7-3-2-4-15(6-7)11(16)8-5-9(12)17-10(8)13/h5,7,14H,2-4,6H2,1H3. The number of carbonyl (C=O) groups is 1. The van der Waals surface area contributed by atoms with Crippen LogP contribution in [0.3, 0.4) is 0 Å². The van der Waals surface area contributed by atoms with Crippen molar-refractivity contribution in [1.29, 1.82) is 0 Å². The number of rotatable bonds is 2. The van der Waals surface area contributed by atoms with Gasteiger partial charge in [-0.3, -0.25) is 4.79 Å². The van der Waals surface area contributed by atoms with Crippen LogP contribution < -0.4 is 5.32 Å². The van der Waals surface area contributed by atoms with Crippen LogP contribution in [-0.2, 0) is 0 Å². The van der Waals surface area contributed by atoms with Crippen LogP contribution in [0, 0.1) is 0 Å². The smallest absolute Gasteiger partial charge is 0.255 e. The summed E-state index contributed by atoms with van der Waals surface area (Å²) in [4.78, 5) is 14.3. The molecule has 1 amide bonds. The maximum Gasteiger partial charge on any atom is 0.255 e. The molecule has 17 heavy (non-hydrogen) atoms. The minimum atomic E-state index is 0.124. The van der Waals surface area contributed by atoms with Crippen molar-refractivity contribution < 1.29 is 4.79 Å². The Hall–Kier alpha value is 0.0900. The van der Waals surface area contributed by atoms with Crippen molar-refractivity contribution >= 4 is 49.1 Å². The van der Waals surface area contributed by atoms with Gasteiger partial charge < -0.3 is 10.2 Å². The number of hydrogen-bond donors (Lipinski definition) is 1. The monoisotopic (exact) mass is 380 g/mol. The number of nitrogens with one attached hydrogen (secondary N) is 1. The molecule has 1 fully saturated rings. The van der Waals surface area contributed by atoms with Crippen molar-refractivity contribution in [3.05, 3.63) is 19.2 Å². The Morgan fingerprint density at radius 1 is 1.59 bits per heavy atom. The van der Waals surface area contributed by atoms with Gasteiger partial charge in [0.15, 0.2) is 0 Å². The molecule has 1 saturated heterocycles. The van der Waals surface area contributed by atoms with E-state index in [1.165, 1.54) is 11.3 Å². The molecule has 1 atom stereocenters. The Kier molecular flexibility index (Phi) is 4.63. The van der Waals surface area contributed by atoms with Crippen LogP contribution >= 0.6 is 43.2 Å². The van der Waals surface area contributed by atoms with E-state index in [-0.39, 0.29) is 5.91 Å². The number of amides is 1. The number of hydrogen-bond acceptors (Lipinski definition) is 3. The van der Waals surface area contributed by atoms with Gasteiger partial charge in [0.1, 0.15) is 0 Å². The Bertz CT molecular complexity index is 422. The molecule has 0 bridgehead atoms. The Morgan fingerprint density at radius 2 is 2.35 bits per heavy atom. The quantitative estimate of drug-likeness (QED) is 0.853. The number of halogens is 2.